The molecule has 1 aliphatic carbocycles. The predicted molar refractivity (Wildman–Crippen MR) is 75.2 cm³/mol. The van der Waals surface area contributed by atoms with Crippen LogP contribution in [0.15, 0.2) is 24.3 Å². The molecule has 5 N–H and O–H groups in total. The Morgan fingerprint density at radius 3 is 2.42 bits per heavy atom. The van der Waals surface area contributed by atoms with Crippen molar-refractivity contribution in [2.45, 2.75) is 25.7 Å². The quantitative estimate of drug-likeness (QED) is 0.521. The number of fused-ring (bicyclic) bond motifs is 2. The Labute approximate surface area is 111 Å². The third-order valence-electron chi connectivity index (χ3n) is 3.21. The minimum atomic E-state index is -2.17. The molecule has 6 heteroatoms. The fourth-order valence-electron chi connectivity index (χ4n) is 2.41. The molecule has 0 spiro atoms. The molecule has 0 saturated heterocycles. The van der Waals surface area contributed by atoms with E-state index in [0.29, 0.717) is 0 Å². The monoisotopic (exact) mass is 260 g/mol. The number of benzene rings is 1. The Balaban J connectivity index is 0.000000297. The maximum absolute atomic E-state index is 7.17. The van der Waals surface area contributed by atoms with E-state index in [2.05, 4.69) is 6.07 Å². The van der Waals surface area contributed by atoms with Crippen molar-refractivity contribution in [2.75, 3.05) is 5.73 Å². The maximum Gasteiger partial charge on any atom is 0.631 e. The van der Waals surface area contributed by atoms with Crippen LogP contribution in [0.25, 0.3) is 10.9 Å². The van der Waals surface area contributed by atoms with Gasteiger partial charge in [-0.15, -0.1) is 0 Å². The van der Waals surface area contributed by atoms with Crippen molar-refractivity contribution in [3.8, 4) is 0 Å². The van der Waals surface area contributed by atoms with Gasteiger partial charge in [-0.1, -0.05) is 18.2 Å². The molecule has 0 aliphatic heterocycles. The topological polar surface area (TPSA) is 99.6 Å². The summed E-state index contributed by atoms with van der Waals surface area (Å²) in [6, 6.07) is 8.15. The van der Waals surface area contributed by atoms with Gasteiger partial charge in [0.2, 0.25) is 0 Å². The van der Waals surface area contributed by atoms with E-state index >= 15 is 0 Å². The molecule has 3 rings (SSSR count). The van der Waals surface area contributed by atoms with Crippen molar-refractivity contribution in [1.82, 2.24) is 4.98 Å². The van der Waals surface area contributed by atoms with Gasteiger partial charge in [-0.3, -0.25) is 4.98 Å². The number of hydrogen-bond donors (Lipinski definition) is 4. The number of rotatable bonds is 0. The Bertz CT molecular complexity index is 572. The van der Waals surface area contributed by atoms with Gasteiger partial charge in [0.15, 0.2) is 0 Å². The van der Waals surface area contributed by atoms with Crippen LogP contribution < -0.4 is 5.73 Å². The van der Waals surface area contributed by atoms with Crippen molar-refractivity contribution in [1.29, 1.82) is 0 Å². The normalized spacial score (nSPS) is 13.4. The standard InChI is InChI=1S/C13H14N2.BH3O3/c14-13-9-5-1-3-7-11(9)15-12-8-4-2-6-10(12)13;2-1(3)4/h1,3,5,7H,2,4,6,8H2,(H2,14,15);2-4H. The summed E-state index contributed by atoms with van der Waals surface area (Å²) in [5, 5.41) is 22.6. The molecule has 2 aromatic rings. The number of para-hydroxylation sites is 1. The highest BCUT2D eigenvalue weighted by Gasteiger charge is 2.15. The molecule has 0 radical (unpaired) electrons. The zero-order valence-corrected chi connectivity index (χ0v) is 10.6. The Morgan fingerprint density at radius 2 is 1.68 bits per heavy atom. The number of pyridine rings is 1. The number of aromatic nitrogens is 1. The van der Waals surface area contributed by atoms with E-state index in [-0.39, 0.29) is 0 Å². The van der Waals surface area contributed by atoms with Crippen molar-refractivity contribution in [3.63, 3.8) is 0 Å². The molecular weight excluding hydrogens is 243 g/mol. The second-order valence-electron chi connectivity index (χ2n) is 4.52. The van der Waals surface area contributed by atoms with Gasteiger partial charge < -0.3 is 20.8 Å². The average molecular weight is 260 g/mol. The van der Waals surface area contributed by atoms with Crippen LogP contribution in [-0.4, -0.2) is 27.4 Å². The van der Waals surface area contributed by atoms with Gasteiger partial charge >= 0.3 is 7.32 Å². The molecule has 100 valence electrons. The first-order valence-electron chi connectivity index (χ1n) is 6.29. The summed E-state index contributed by atoms with van der Waals surface area (Å²) in [5.74, 6) is 0. The molecule has 1 heterocycles. The van der Waals surface area contributed by atoms with Crippen LogP contribution in [0.5, 0.6) is 0 Å². The largest absolute Gasteiger partial charge is 0.631 e. The van der Waals surface area contributed by atoms with E-state index in [0.717, 1.165) is 29.4 Å². The summed E-state index contributed by atoms with van der Waals surface area (Å²) in [6.07, 6.45) is 4.68. The van der Waals surface area contributed by atoms with Crippen molar-refractivity contribution in [2.24, 2.45) is 0 Å². The van der Waals surface area contributed by atoms with E-state index in [1.54, 1.807) is 0 Å². The van der Waals surface area contributed by atoms with Gasteiger partial charge in [0.1, 0.15) is 0 Å². The van der Waals surface area contributed by atoms with Gasteiger partial charge in [0.25, 0.3) is 0 Å². The van der Waals surface area contributed by atoms with Crippen LogP contribution in [0.3, 0.4) is 0 Å². The SMILES string of the molecule is Nc1c2c(nc3ccccc13)CCCC2.OB(O)O. The number of nitrogen functional groups attached to an aromatic ring is 1. The molecule has 19 heavy (non-hydrogen) atoms. The number of nitrogens with two attached hydrogens (primary N) is 1. The van der Waals surface area contributed by atoms with Crippen LogP contribution in [0, 0.1) is 0 Å². The van der Waals surface area contributed by atoms with E-state index in [9.17, 15) is 0 Å². The second-order valence-corrected chi connectivity index (χ2v) is 4.52. The first kappa shape index (κ1) is 13.8. The van der Waals surface area contributed by atoms with E-state index < -0.39 is 7.32 Å². The van der Waals surface area contributed by atoms with Crippen molar-refractivity contribution >= 4 is 23.9 Å². The third kappa shape index (κ3) is 3.23. The highest BCUT2D eigenvalue weighted by Crippen LogP contribution is 2.30. The lowest BCUT2D eigenvalue weighted by atomic mass is 9.93. The van der Waals surface area contributed by atoms with Crippen LogP contribution in [-0.2, 0) is 12.8 Å². The summed E-state index contributed by atoms with van der Waals surface area (Å²) >= 11 is 0. The number of anilines is 1. The summed E-state index contributed by atoms with van der Waals surface area (Å²) in [5.41, 5.74) is 10.7. The summed E-state index contributed by atoms with van der Waals surface area (Å²) in [6.45, 7) is 0. The maximum atomic E-state index is 7.17. The van der Waals surface area contributed by atoms with Crippen LogP contribution in [0.1, 0.15) is 24.1 Å². The molecule has 5 nitrogen and oxygen atoms in total. The Kier molecular flexibility index (Phi) is 4.37. The molecule has 0 fully saturated rings. The third-order valence-corrected chi connectivity index (χ3v) is 3.21. The smallest absolute Gasteiger partial charge is 0.402 e. The Hall–Kier alpha value is -1.63. The van der Waals surface area contributed by atoms with Gasteiger partial charge in [-0.2, -0.15) is 0 Å². The molecule has 1 aromatic heterocycles. The summed E-state index contributed by atoms with van der Waals surface area (Å²) in [7, 11) is -2.17. The van der Waals surface area contributed by atoms with Crippen LogP contribution in [0.4, 0.5) is 5.69 Å². The van der Waals surface area contributed by atoms with Gasteiger partial charge in [0, 0.05) is 16.8 Å². The van der Waals surface area contributed by atoms with Gasteiger partial charge in [0.05, 0.1) is 5.52 Å². The van der Waals surface area contributed by atoms with E-state index in [1.807, 2.05) is 18.2 Å². The Morgan fingerprint density at radius 1 is 1.05 bits per heavy atom. The number of nitrogens with zero attached hydrogens (tertiary/aromatic N) is 1. The zero-order chi connectivity index (χ0) is 13.8. The molecule has 0 unspecified atom stereocenters. The molecular formula is C13H17BN2O3. The first-order valence-corrected chi connectivity index (χ1v) is 6.29. The zero-order valence-electron chi connectivity index (χ0n) is 10.6. The lowest BCUT2D eigenvalue weighted by Gasteiger charge is -2.18. The summed E-state index contributed by atoms with van der Waals surface area (Å²) < 4.78 is 0. The molecule has 1 aliphatic rings. The minimum absolute atomic E-state index is 0.954. The average Bonchev–Trinajstić information content (AvgIpc) is 2.38. The second kappa shape index (κ2) is 6.01. The van der Waals surface area contributed by atoms with Crippen molar-refractivity contribution < 1.29 is 15.1 Å². The van der Waals surface area contributed by atoms with Gasteiger partial charge in [-0.25, -0.2) is 0 Å². The molecule has 1 aromatic carbocycles. The molecule has 0 bridgehead atoms. The first-order chi connectivity index (χ1) is 9.09. The lowest BCUT2D eigenvalue weighted by Crippen LogP contribution is -2.09. The molecule has 0 saturated carbocycles. The summed E-state index contributed by atoms with van der Waals surface area (Å²) in [4.78, 5) is 4.70. The molecule has 0 amide bonds. The van der Waals surface area contributed by atoms with Crippen molar-refractivity contribution in [3.05, 3.63) is 35.5 Å². The van der Waals surface area contributed by atoms with E-state index in [4.69, 9.17) is 25.8 Å². The highest BCUT2D eigenvalue weighted by molar-refractivity contribution is 6.30. The fraction of sp³-hybridized carbons (Fsp3) is 0.308. The number of hydrogen-bond acceptors (Lipinski definition) is 5. The van der Waals surface area contributed by atoms with Gasteiger partial charge in [-0.05, 0) is 37.3 Å². The van der Waals surface area contributed by atoms with Crippen LogP contribution in [0.2, 0.25) is 0 Å². The fourth-order valence-corrected chi connectivity index (χ4v) is 2.41. The molecule has 0 atom stereocenters. The lowest BCUT2D eigenvalue weighted by molar-refractivity contribution is 0.278. The minimum Gasteiger partial charge on any atom is -0.402 e. The van der Waals surface area contributed by atoms with Crippen LogP contribution >= 0.6 is 0 Å². The number of aryl methyl sites for hydroxylation is 1. The highest BCUT2D eigenvalue weighted by atomic mass is 16.5. The predicted octanol–water partition coefficient (Wildman–Crippen LogP) is 0.644. The van der Waals surface area contributed by atoms with E-state index in [1.165, 1.54) is 24.1 Å².